The Labute approximate surface area is 111 Å². The van der Waals surface area contributed by atoms with Crippen LogP contribution in [-0.2, 0) is 13.0 Å². The zero-order valence-corrected chi connectivity index (χ0v) is 11.1. The van der Waals surface area contributed by atoms with Crippen LogP contribution in [-0.4, -0.2) is 14.8 Å². The first-order chi connectivity index (χ1) is 9.17. The van der Waals surface area contributed by atoms with Crippen LogP contribution in [0.1, 0.15) is 29.9 Å². The number of nitrogens with two attached hydrogens (primary N) is 1. The van der Waals surface area contributed by atoms with Crippen LogP contribution < -0.4 is 11.3 Å². The highest BCUT2D eigenvalue weighted by Crippen LogP contribution is 2.22. The van der Waals surface area contributed by atoms with Crippen molar-refractivity contribution < 1.29 is 4.39 Å². The molecule has 0 spiro atoms. The monoisotopic (exact) mass is 263 g/mol. The van der Waals surface area contributed by atoms with Crippen LogP contribution >= 0.6 is 0 Å². The summed E-state index contributed by atoms with van der Waals surface area (Å²) in [6, 6.07) is 4.97. The van der Waals surface area contributed by atoms with E-state index in [4.69, 9.17) is 5.84 Å². The van der Waals surface area contributed by atoms with Crippen molar-refractivity contribution in [3.05, 3.63) is 47.3 Å². The van der Waals surface area contributed by atoms with E-state index in [1.165, 1.54) is 6.33 Å². The molecule has 5 nitrogen and oxygen atoms in total. The molecule has 0 saturated carbocycles. The molecule has 3 N–H and O–H groups in total. The minimum absolute atomic E-state index is 0.229. The lowest BCUT2D eigenvalue weighted by Crippen LogP contribution is -2.31. The van der Waals surface area contributed by atoms with Gasteiger partial charge in [-0.05, 0) is 19.4 Å². The van der Waals surface area contributed by atoms with Crippen molar-refractivity contribution in [2.24, 2.45) is 5.84 Å². The molecule has 0 aliphatic rings. The first-order valence-corrected chi connectivity index (χ1v) is 6.25. The first-order valence-electron chi connectivity index (χ1n) is 6.25. The van der Waals surface area contributed by atoms with Gasteiger partial charge >= 0.3 is 0 Å². The van der Waals surface area contributed by atoms with Gasteiger partial charge in [-0.1, -0.05) is 18.2 Å². The van der Waals surface area contributed by atoms with Gasteiger partial charge in [0.2, 0.25) is 0 Å². The Morgan fingerprint density at radius 2 is 2.26 bits per heavy atom. The predicted octanol–water partition coefficient (Wildman–Crippen LogP) is 1.49. The van der Waals surface area contributed by atoms with E-state index < -0.39 is 0 Å². The van der Waals surface area contributed by atoms with Gasteiger partial charge in [0.15, 0.2) is 0 Å². The lowest BCUT2D eigenvalue weighted by molar-refractivity contribution is 0.483. The first kappa shape index (κ1) is 13.6. The summed E-state index contributed by atoms with van der Waals surface area (Å²) in [6.07, 6.45) is 1.99. The number of nitrogens with one attached hydrogen (secondary N) is 1. The van der Waals surface area contributed by atoms with Gasteiger partial charge in [0.25, 0.3) is 0 Å². The summed E-state index contributed by atoms with van der Waals surface area (Å²) < 4.78 is 15.9. The van der Waals surface area contributed by atoms with E-state index in [1.807, 2.05) is 13.0 Å². The third-order valence-electron chi connectivity index (χ3n) is 3.18. The van der Waals surface area contributed by atoms with E-state index in [2.05, 4.69) is 15.5 Å². The predicted molar refractivity (Wildman–Crippen MR) is 70.6 cm³/mol. The normalized spacial score (nSPS) is 12.6. The molecule has 0 aliphatic heterocycles. The number of hydrogen-bond acceptors (Lipinski definition) is 4. The number of nitrogens with zero attached hydrogens (tertiary/aromatic N) is 3. The van der Waals surface area contributed by atoms with Crippen molar-refractivity contribution in [2.75, 3.05) is 0 Å². The second-order valence-electron chi connectivity index (χ2n) is 4.39. The smallest absolute Gasteiger partial charge is 0.138 e. The van der Waals surface area contributed by atoms with E-state index in [0.29, 0.717) is 17.5 Å². The van der Waals surface area contributed by atoms with Crippen molar-refractivity contribution in [3.8, 4) is 0 Å². The van der Waals surface area contributed by atoms with E-state index >= 15 is 0 Å². The molecule has 1 aromatic carbocycles. The number of aromatic nitrogens is 3. The maximum absolute atomic E-state index is 14.1. The lowest BCUT2D eigenvalue weighted by atomic mass is 10.0. The number of aryl methyl sites for hydroxylation is 2. The fourth-order valence-electron chi connectivity index (χ4n) is 2.09. The fourth-order valence-corrected chi connectivity index (χ4v) is 2.09. The summed E-state index contributed by atoms with van der Waals surface area (Å²) in [5.74, 6) is 6.11. The molecule has 19 heavy (non-hydrogen) atoms. The van der Waals surface area contributed by atoms with Gasteiger partial charge in [0.1, 0.15) is 18.0 Å². The third kappa shape index (κ3) is 2.80. The summed E-state index contributed by atoms with van der Waals surface area (Å²) in [5.41, 5.74) is 3.81. The van der Waals surface area contributed by atoms with Crippen molar-refractivity contribution >= 4 is 0 Å². The van der Waals surface area contributed by atoms with Crippen LogP contribution in [0.5, 0.6) is 0 Å². The molecular formula is C13H18FN5. The number of hydrogen-bond donors (Lipinski definition) is 2. The summed E-state index contributed by atoms with van der Waals surface area (Å²) in [7, 11) is 0. The molecule has 1 heterocycles. The Morgan fingerprint density at radius 1 is 1.47 bits per heavy atom. The van der Waals surface area contributed by atoms with Crippen LogP contribution in [0.3, 0.4) is 0 Å². The summed E-state index contributed by atoms with van der Waals surface area (Å²) in [5, 5.41) is 4.10. The number of benzene rings is 1. The molecule has 1 unspecified atom stereocenters. The Morgan fingerprint density at radius 3 is 2.95 bits per heavy atom. The standard InChI is InChI=1S/C13H18FN5/c1-3-19-12(16-8-17-19)7-11(18-15)10-6-4-5-9(2)13(10)14/h4-6,8,11,18H,3,7,15H2,1-2H3. The Hall–Kier alpha value is -1.79. The maximum atomic E-state index is 14.1. The van der Waals surface area contributed by atoms with Gasteiger partial charge < -0.3 is 0 Å². The Kier molecular flexibility index (Phi) is 4.24. The van der Waals surface area contributed by atoms with Crippen molar-refractivity contribution in [3.63, 3.8) is 0 Å². The fraction of sp³-hybridized carbons (Fsp3) is 0.385. The van der Waals surface area contributed by atoms with Gasteiger partial charge in [-0.25, -0.2) is 9.37 Å². The average molecular weight is 263 g/mol. The number of halogens is 1. The van der Waals surface area contributed by atoms with Gasteiger partial charge in [0.05, 0.1) is 6.04 Å². The van der Waals surface area contributed by atoms with Crippen LogP contribution in [0.4, 0.5) is 4.39 Å². The minimum Gasteiger partial charge on any atom is -0.271 e. The molecular weight excluding hydrogens is 245 g/mol. The summed E-state index contributed by atoms with van der Waals surface area (Å²) in [4.78, 5) is 4.19. The number of hydrazine groups is 1. The largest absolute Gasteiger partial charge is 0.271 e. The molecule has 2 rings (SSSR count). The molecule has 0 saturated heterocycles. The molecule has 2 aromatic rings. The van der Waals surface area contributed by atoms with Gasteiger partial charge in [-0.15, -0.1) is 0 Å². The Bertz CT molecular complexity index is 552. The maximum Gasteiger partial charge on any atom is 0.138 e. The summed E-state index contributed by atoms with van der Waals surface area (Å²) >= 11 is 0. The van der Waals surface area contributed by atoms with Crippen LogP contribution in [0.2, 0.25) is 0 Å². The molecule has 102 valence electrons. The van der Waals surface area contributed by atoms with Crippen molar-refractivity contribution in [1.29, 1.82) is 0 Å². The van der Waals surface area contributed by atoms with Gasteiger partial charge in [-0.2, -0.15) is 5.10 Å². The molecule has 0 aliphatic carbocycles. The molecule has 0 amide bonds. The van der Waals surface area contributed by atoms with Gasteiger partial charge in [0, 0.05) is 18.5 Å². The van der Waals surface area contributed by atoms with Crippen molar-refractivity contribution in [1.82, 2.24) is 20.2 Å². The topological polar surface area (TPSA) is 68.8 Å². The molecule has 1 atom stereocenters. The zero-order chi connectivity index (χ0) is 13.8. The molecule has 0 fully saturated rings. The molecule has 0 bridgehead atoms. The van der Waals surface area contributed by atoms with E-state index in [-0.39, 0.29) is 11.9 Å². The quantitative estimate of drug-likeness (QED) is 0.633. The molecule has 1 aromatic heterocycles. The average Bonchev–Trinajstić information content (AvgIpc) is 2.87. The Balaban J connectivity index is 2.28. The minimum atomic E-state index is -0.325. The van der Waals surface area contributed by atoms with Gasteiger partial charge in [-0.3, -0.25) is 16.0 Å². The van der Waals surface area contributed by atoms with Crippen LogP contribution in [0, 0.1) is 12.7 Å². The molecule has 6 heteroatoms. The van der Waals surface area contributed by atoms with Crippen LogP contribution in [0.25, 0.3) is 0 Å². The summed E-state index contributed by atoms with van der Waals surface area (Å²) in [6.45, 7) is 4.44. The van der Waals surface area contributed by atoms with E-state index in [0.717, 1.165) is 12.4 Å². The van der Waals surface area contributed by atoms with E-state index in [1.54, 1.807) is 23.7 Å². The van der Waals surface area contributed by atoms with E-state index in [9.17, 15) is 4.39 Å². The lowest BCUT2D eigenvalue weighted by Gasteiger charge is -2.17. The van der Waals surface area contributed by atoms with Crippen molar-refractivity contribution in [2.45, 2.75) is 32.9 Å². The van der Waals surface area contributed by atoms with Crippen LogP contribution in [0.15, 0.2) is 24.5 Å². The second kappa shape index (κ2) is 5.90. The SMILES string of the molecule is CCn1ncnc1CC(NN)c1cccc(C)c1F. The highest BCUT2D eigenvalue weighted by Gasteiger charge is 2.18. The second-order valence-corrected chi connectivity index (χ2v) is 4.39. The highest BCUT2D eigenvalue weighted by atomic mass is 19.1. The zero-order valence-electron chi connectivity index (χ0n) is 11.1. The number of rotatable bonds is 5. The highest BCUT2D eigenvalue weighted by molar-refractivity contribution is 5.28. The molecule has 0 radical (unpaired) electrons. The third-order valence-corrected chi connectivity index (χ3v) is 3.18.